The van der Waals surface area contributed by atoms with Crippen LogP contribution in [0.15, 0.2) is 60.9 Å². The number of hydrogen-bond acceptors (Lipinski definition) is 7. The number of fused-ring (bicyclic) bond motifs is 1. The number of hydrogen-bond donors (Lipinski definition) is 2. The first-order valence-electron chi connectivity index (χ1n) is 18.6. The highest BCUT2D eigenvalue weighted by atomic mass is 19.3. The smallest absolute Gasteiger partial charge is 0.324 e. The SMILES string of the molecule is CC(C)Oc1cc2nc(C3CCCCC3)cn2cc1C(=O)Nc1cccc(C(F)F)n1.CN1CCC(c2ccc(CN3CCC(=O)NC3=O)cc2)CC1. The molecule has 4 aromatic rings. The van der Waals surface area contributed by atoms with Gasteiger partial charge in [0.05, 0.1) is 17.4 Å². The molecule has 2 saturated heterocycles. The number of anilines is 1. The molecule has 53 heavy (non-hydrogen) atoms. The summed E-state index contributed by atoms with van der Waals surface area (Å²) in [6, 6.07) is 14.2. The number of benzene rings is 1. The van der Waals surface area contributed by atoms with Crippen LogP contribution >= 0.6 is 0 Å². The molecule has 3 aliphatic rings. The predicted molar refractivity (Wildman–Crippen MR) is 198 cm³/mol. The van der Waals surface area contributed by atoms with Crippen LogP contribution in [0.4, 0.5) is 19.4 Å². The highest BCUT2D eigenvalue weighted by Gasteiger charge is 2.24. The largest absolute Gasteiger partial charge is 0.490 e. The maximum Gasteiger partial charge on any atom is 0.324 e. The molecular formula is C40H49F2N7O4. The van der Waals surface area contributed by atoms with Crippen molar-refractivity contribution in [1.29, 1.82) is 0 Å². The van der Waals surface area contributed by atoms with E-state index >= 15 is 0 Å². The Morgan fingerprint density at radius 1 is 0.943 bits per heavy atom. The van der Waals surface area contributed by atoms with Gasteiger partial charge in [-0.2, -0.15) is 0 Å². The Kier molecular flexibility index (Phi) is 12.3. The summed E-state index contributed by atoms with van der Waals surface area (Å²) in [5.74, 6) is 0.879. The van der Waals surface area contributed by atoms with E-state index in [4.69, 9.17) is 9.72 Å². The first-order valence-corrected chi connectivity index (χ1v) is 18.6. The Bertz CT molecular complexity index is 1880. The molecule has 0 spiro atoms. The van der Waals surface area contributed by atoms with Gasteiger partial charge in [0.15, 0.2) is 0 Å². The van der Waals surface area contributed by atoms with Gasteiger partial charge in [-0.05, 0) is 88.8 Å². The molecule has 3 fully saturated rings. The maximum atomic E-state index is 13.0. The van der Waals surface area contributed by atoms with Crippen LogP contribution in [0.2, 0.25) is 0 Å². The van der Waals surface area contributed by atoms with Crippen molar-refractivity contribution < 1.29 is 27.9 Å². The van der Waals surface area contributed by atoms with Crippen molar-refractivity contribution in [2.45, 2.75) is 96.1 Å². The third-order valence-electron chi connectivity index (χ3n) is 10.1. The molecule has 1 aliphatic carbocycles. The Balaban J connectivity index is 0.000000192. The van der Waals surface area contributed by atoms with E-state index in [-0.39, 0.29) is 29.4 Å². The van der Waals surface area contributed by atoms with E-state index in [9.17, 15) is 23.2 Å². The number of aromatic nitrogens is 3. The Labute approximate surface area is 309 Å². The van der Waals surface area contributed by atoms with Gasteiger partial charge >= 0.3 is 6.03 Å². The molecule has 3 aromatic heterocycles. The van der Waals surface area contributed by atoms with E-state index in [1.807, 2.05) is 24.4 Å². The fourth-order valence-electron chi connectivity index (χ4n) is 7.19. The van der Waals surface area contributed by atoms with Crippen LogP contribution in [-0.4, -0.2) is 74.8 Å². The van der Waals surface area contributed by atoms with Gasteiger partial charge < -0.3 is 24.3 Å². The molecule has 1 saturated carbocycles. The lowest BCUT2D eigenvalue weighted by Crippen LogP contribution is -2.48. The minimum atomic E-state index is -2.71. The number of piperidine rings is 1. The van der Waals surface area contributed by atoms with Crippen molar-refractivity contribution in [1.82, 2.24) is 29.5 Å². The number of nitrogens with one attached hydrogen (secondary N) is 2. The molecule has 0 atom stereocenters. The predicted octanol–water partition coefficient (Wildman–Crippen LogP) is 7.69. The number of likely N-dealkylation sites (tertiary alicyclic amines) is 1. The van der Waals surface area contributed by atoms with Crippen LogP contribution in [0.3, 0.4) is 0 Å². The zero-order valence-corrected chi connectivity index (χ0v) is 30.7. The summed E-state index contributed by atoms with van der Waals surface area (Å²) in [6.45, 7) is 7.13. The number of halogens is 2. The third-order valence-corrected chi connectivity index (χ3v) is 10.1. The molecule has 0 unspecified atom stereocenters. The van der Waals surface area contributed by atoms with Crippen molar-refractivity contribution in [3.05, 3.63) is 89.0 Å². The number of rotatable bonds is 9. The summed E-state index contributed by atoms with van der Waals surface area (Å²) >= 11 is 0. The second-order valence-corrected chi connectivity index (χ2v) is 14.5. The van der Waals surface area contributed by atoms with E-state index in [0.29, 0.717) is 42.7 Å². The second kappa shape index (κ2) is 17.3. The summed E-state index contributed by atoms with van der Waals surface area (Å²) in [6.07, 6.45) is 9.53. The molecule has 7 rings (SSSR count). The summed E-state index contributed by atoms with van der Waals surface area (Å²) in [5.41, 5.74) is 4.15. The number of urea groups is 1. The summed E-state index contributed by atoms with van der Waals surface area (Å²) in [4.78, 5) is 48.5. The van der Waals surface area contributed by atoms with Crippen molar-refractivity contribution in [3.8, 4) is 5.75 Å². The fourth-order valence-corrected chi connectivity index (χ4v) is 7.19. The average molecular weight is 730 g/mol. The van der Waals surface area contributed by atoms with E-state index in [2.05, 4.69) is 51.8 Å². The first kappa shape index (κ1) is 37.8. The average Bonchev–Trinajstić information content (AvgIpc) is 3.57. The molecule has 13 heteroatoms. The molecule has 0 radical (unpaired) electrons. The number of alkyl halides is 2. The lowest BCUT2D eigenvalue weighted by molar-refractivity contribution is -0.121. The molecule has 2 aliphatic heterocycles. The van der Waals surface area contributed by atoms with Gasteiger partial charge in [0.2, 0.25) is 5.91 Å². The standard InChI is InChI=1S/C23H26F2N4O2.C17H23N3O2/c1-14(2)31-19-11-21-27-18(15-7-4-3-5-8-15)13-29(21)12-16(19)23(30)28-20-10-6-9-17(26-20)22(24)25;1-19-9-6-15(7-10-19)14-4-2-13(3-5-14)12-20-11-8-16(21)18-17(20)22/h6,9-15,22H,3-5,7-8H2,1-2H3,(H,26,28,30);2-5,15H,6-12H2,1H3,(H,18,21,22). The van der Waals surface area contributed by atoms with Gasteiger partial charge in [-0.25, -0.2) is 23.5 Å². The molecule has 11 nitrogen and oxygen atoms in total. The van der Waals surface area contributed by atoms with Crippen molar-refractivity contribution in [2.24, 2.45) is 0 Å². The highest BCUT2D eigenvalue weighted by Crippen LogP contribution is 2.33. The number of imide groups is 1. The minimum Gasteiger partial charge on any atom is -0.490 e. The third kappa shape index (κ3) is 9.95. The molecule has 2 N–H and O–H groups in total. The zero-order chi connectivity index (χ0) is 37.5. The van der Waals surface area contributed by atoms with Crippen LogP contribution in [0.25, 0.3) is 5.65 Å². The van der Waals surface area contributed by atoms with Gasteiger partial charge in [-0.1, -0.05) is 49.6 Å². The van der Waals surface area contributed by atoms with E-state index < -0.39 is 18.0 Å². The molecule has 5 heterocycles. The number of ether oxygens (including phenoxy) is 1. The second-order valence-electron chi connectivity index (χ2n) is 14.5. The van der Waals surface area contributed by atoms with Crippen molar-refractivity contribution >= 4 is 29.3 Å². The topological polar surface area (TPSA) is 121 Å². The monoisotopic (exact) mass is 729 g/mol. The highest BCUT2D eigenvalue weighted by molar-refractivity contribution is 6.05. The van der Waals surface area contributed by atoms with Crippen LogP contribution in [0, 0.1) is 0 Å². The quantitative estimate of drug-likeness (QED) is 0.181. The number of carbonyl (C=O) groups is 3. The van der Waals surface area contributed by atoms with Gasteiger partial charge in [0.25, 0.3) is 12.3 Å². The van der Waals surface area contributed by atoms with Crippen LogP contribution in [0.1, 0.15) is 116 Å². The van der Waals surface area contributed by atoms with Gasteiger partial charge in [0, 0.05) is 43.9 Å². The maximum absolute atomic E-state index is 13.0. The lowest BCUT2D eigenvalue weighted by Gasteiger charge is -2.29. The Morgan fingerprint density at radius 2 is 1.68 bits per heavy atom. The molecule has 282 valence electrons. The number of amides is 4. The van der Waals surface area contributed by atoms with Crippen LogP contribution in [-0.2, 0) is 11.3 Å². The minimum absolute atomic E-state index is 0.0620. The molecule has 0 bridgehead atoms. The van der Waals surface area contributed by atoms with Crippen LogP contribution in [0.5, 0.6) is 5.75 Å². The Hall–Kier alpha value is -4.91. The van der Waals surface area contributed by atoms with E-state index in [1.165, 1.54) is 55.9 Å². The van der Waals surface area contributed by atoms with Crippen molar-refractivity contribution in [3.63, 3.8) is 0 Å². The van der Waals surface area contributed by atoms with Crippen molar-refractivity contribution in [2.75, 3.05) is 32.0 Å². The molecular weight excluding hydrogens is 680 g/mol. The lowest BCUT2D eigenvalue weighted by atomic mass is 9.87. The normalized spacial score (nSPS) is 17.5. The zero-order valence-electron chi connectivity index (χ0n) is 30.7. The van der Waals surface area contributed by atoms with E-state index in [1.54, 1.807) is 17.2 Å². The molecule has 4 amide bonds. The number of carbonyl (C=O) groups excluding carboxylic acids is 3. The van der Waals surface area contributed by atoms with E-state index in [0.717, 1.165) is 37.2 Å². The number of nitrogens with zero attached hydrogens (tertiary/aromatic N) is 5. The van der Waals surface area contributed by atoms with Gasteiger partial charge in [0.1, 0.15) is 22.9 Å². The first-order chi connectivity index (χ1) is 25.5. The summed E-state index contributed by atoms with van der Waals surface area (Å²) in [5, 5.41) is 4.97. The van der Waals surface area contributed by atoms with Crippen LogP contribution < -0.4 is 15.4 Å². The molecule has 1 aromatic carbocycles. The van der Waals surface area contributed by atoms with Gasteiger partial charge in [-0.3, -0.25) is 14.9 Å². The summed E-state index contributed by atoms with van der Waals surface area (Å²) in [7, 11) is 2.17. The Morgan fingerprint density at radius 3 is 2.36 bits per heavy atom. The fraction of sp³-hybridized carbons (Fsp3) is 0.475. The number of imidazole rings is 1. The summed E-state index contributed by atoms with van der Waals surface area (Å²) < 4.78 is 33.6. The number of pyridine rings is 2. The van der Waals surface area contributed by atoms with Gasteiger partial charge in [-0.15, -0.1) is 0 Å².